The van der Waals surface area contributed by atoms with Crippen molar-refractivity contribution < 1.29 is 9.13 Å². The summed E-state index contributed by atoms with van der Waals surface area (Å²) in [7, 11) is 0. The maximum atomic E-state index is 13.7. The van der Waals surface area contributed by atoms with Crippen LogP contribution in [0.1, 0.15) is 5.56 Å². The van der Waals surface area contributed by atoms with E-state index in [4.69, 9.17) is 10.5 Å². The Balaban J connectivity index is 1.92. The Morgan fingerprint density at radius 1 is 1.19 bits per heavy atom. The third-order valence-electron chi connectivity index (χ3n) is 3.16. The van der Waals surface area contributed by atoms with Gasteiger partial charge in [-0.25, -0.2) is 4.39 Å². The van der Waals surface area contributed by atoms with Crippen LogP contribution in [-0.2, 0) is 6.61 Å². The lowest BCUT2D eigenvalue weighted by atomic mass is 10.1. The van der Waals surface area contributed by atoms with E-state index in [0.29, 0.717) is 22.5 Å². The molecular formula is C16H12BrFN2O. The number of fused-ring (bicyclic) bond motifs is 1. The van der Waals surface area contributed by atoms with Crippen molar-refractivity contribution in [3.05, 3.63) is 64.5 Å². The van der Waals surface area contributed by atoms with Gasteiger partial charge >= 0.3 is 0 Å². The van der Waals surface area contributed by atoms with Gasteiger partial charge in [0.1, 0.15) is 23.7 Å². The van der Waals surface area contributed by atoms with Crippen LogP contribution >= 0.6 is 15.9 Å². The van der Waals surface area contributed by atoms with Gasteiger partial charge < -0.3 is 10.5 Å². The smallest absolute Gasteiger partial charge is 0.146 e. The van der Waals surface area contributed by atoms with Crippen LogP contribution < -0.4 is 10.5 Å². The number of nitrogens with two attached hydrogens (primary N) is 1. The molecule has 2 N–H and O–H groups in total. The van der Waals surface area contributed by atoms with E-state index in [2.05, 4.69) is 20.9 Å². The molecule has 0 fully saturated rings. The maximum Gasteiger partial charge on any atom is 0.146 e. The highest BCUT2D eigenvalue weighted by molar-refractivity contribution is 9.10. The van der Waals surface area contributed by atoms with Crippen molar-refractivity contribution in [3.8, 4) is 5.75 Å². The number of hydrogen-bond donors (Lipinski definition) is 1. The van der Waals surface area contributed by atoms with E-state index in [1.807, 2.05) is 12.1 Å². The average molecular weight is 347 g/mol. The second-order valence-corrected chi connectivity index (χ2v) is 5.49. The molecule has 0 aliphatic heterocycles. The molecule has 3 rings (SSSR count). The summed E-state index contributed by atoms with van der Waals surface area (Å²) in [6.45, 7) is 0.126. The summed E-state index contributed by atoms with van der Waals surface area (Å²) in [6.07, 6.45) is 1.67. The summed E-state index contributed by atoms with van der Waals surface area (Å²) < 4.78 is 20.2. The zero-order chi connectivity index (χ0) is 14.8. The fourth-order valence-electron chi connectivity index (χ4n) is 2.09. The minimum absolute atomic E-state index is 0.126. The van der Waals surface area contributed by atoms with Crippen molar-refractivity contribution in [2.75, 3.05) is 5.73 Å². The van der Waals surface area contributed by atoms with E-state index in [-0.39, 0.29) is 12.4 Å². The van der Waals surface area contributed by atoms with Crippen molar-refractivity contribution in [3.63, 3.8) is 0 Å². The Morgan fingerprint density at radius 3 is 2.90 bits per heavy atom. The molecular weight excluding hydrogens is 335 g/mol. The minimum atomic E-state index is -0.300. The number of anilines is 1. The summed E-state index contributed by atoms with van der Waals surface area (Å²) >= 11 is 3.32. The lowest BCUT2D eigenvalue weighted by Crippen LogP contribution is -2.00. The molecule has 1 heterocycles. The van der Waals surface area contributed by atoms with Crippen LogP contribution in [0.2, 0.25) is 0 Å². The largest absolute Gasteiger partial charge is 0.487 e. The Morgan fingerprint density at radius 2 is 2.05 bits per heavy atom. The second kappa shape index (κ2) is 5.69. The first kappa shape index (κ1) is 13.8. The Kier molecular flexibility index (Phi) is 3.75. The van der Waals surface area contributed by atoms with E-state index in [0.717, 1.165) is 9.86 Å². The fraction of sp³-hybridized carbons (Fsp3) is 0.0625. The van der Waals surface area contributed by atoms with E-state index >= 15 is 0 Å². The average Bonchev–Trinajstić information content (AvgIpc) is 2.50. The van der Waals surface area contributed by atoms with Gasteiger partial charge in [0, 0.05) is 27.3 Å². The van der Waals surface area contributed by atoms with Gasteiger partial charge in [-0.2, -0.15) is 0 Å². The van der Waals surface area contributed by atoms with Gasteiger partial charge in [-0.15, -0.1) is 0 Å². The molecule has 0 saturated heterocycles. The molecule has 0 amide bonds. The third kappa shape index (κ3) is 2.83. The quantitative estimate of drug-likeness (QED) is 0.719. The van der Waals surface area contributed by atoms with Crippen LogP contribution in [0.15, 0.2) is 53.1 Å². The molecule has 2 aromatic carbocycles. The first-order valence-electron chi connectivity index (χ1n) is 6.35. The molecule has 3 aromatic rings. The molecule has 0 saturated carbocycles. The number of halogens is 2. The summed E-state index contributed by atoms with van der Waals surface area (Å²) in [5.41, 5.74) is 7.70. The summed E-state index contributed by atoms with van der Waals surface area (Å²) in [5.74, 6) is 0.282. The maximum absolute atomic E-state index is 13.7. The topological polar surface area (TPSA) is 48.1 Å². The molecule has 0 radical (unpaired) electrons. The van der Waals surface area contributed by atoms with Crippen LogP contribution in [0.25, 0.3) is 10.9 Å². The lowest BCUT2D eigenvalue weighted by Gasteiger charge is -2.11. The number of nitrogen functional groups attached to an aromatic ring is 1. The summed E-state index contributed by atoms with van der Waals surface area (Å²) in [6, 6.07) is 12.0. The molecule has 106 valence electrons. The molecule has 0 bridgehead atoms. The van der Waals surface area contributed by atoms with Crippen LogP contribution in [0.3, 0.4) is 0 Å². The number of pyridine rings is 1. The van der Waals surface area contributed by atoms with E-state index < -0.39 is 0 Å². The van der Waals surface area contributed by atoms with Gasteiger partial charge in [0.25, 0.3) is 0 Å². The van der Waals surface area contributed by atoms with E-state index in [1.165, 1.54) is 6.07 Å². The highest BCUT2D eigenvalue weighted by Crippen LogP contribution is 2.29. The van der Waals surface area contributed by atoms with Crippen LogP contribution in [0, 0.1) is 5.82 Å². The molecule has 5 heteroatoms. The number of ether oxygens (including phenoxy) is 1. The Labute approximate surface area is 129 Å². The van der Waals surface area contributed by atoms with Crippen molar-refractivity contribution >= 4 is 32.5 Å². The molecule has 0 aliphatic rings. The molecule has 0 atom stereocenters. The molecule has 3 nitrogen and oxygen atoms in total. The highest BCUT2D eigenvalue weighted by atomic mass is 79.9. The van der Waals surface area contributed by atoms with E-state index in [9.17, 15) is 4.39 Å². The zero-order valence-electron chi connectivity index (χ0n) is 11.0. The molecule has 0 aliphatic carbocycles. The summed E-state index contributed by atoms with van der Waals surface area (Å²) in [4.78, 5) is 4.29. The van der Waals surface area contributed by atoms with Gasteiger partial charge in [0.15, 0.2) is 0 Å². The van der Waals surface area contributed by atoms with Gasteiger partial charge in [-0.1, -0.05) is 15.9 Å². The van der Waals surface area contributed by atoms with Crippen molar-refractivity contribution in [2.45, 2.75) is 6.61 Å². The second-order valence-electron chi connectivity index (χ2n) is 4.58. The number of aromatic nitrogens is 1. The van der Waals surface area contributed by atoms with Crippen LogP contribution in [-0.4, -0.2) is 4.98 Å². The van der Waals surface area contributed by atoms with Crippen molar-refractivity contribution in [1.29, 1.82) is 0 Å². The van der Waals surface area contributed by atoms with Crippen LogP contribution in [0.4, 0.5) is 10.1 Å². The number of nitrogens with zero attached hydrogens (tertiary/aromatic N) is 1. The van der Waals surface area contributed by atoms with Gasteiger partial charge in [0.2, 0.25) is 0 Å². The predicted octanol–water partition coefficient (Wildman–Crippen LogP) is 4.30. The third-order valence-corrected chi connectivity index (χ3v) is 3.65. The first-order chi connectivity index (χ1) is 10.1. The number of hydrogen-bond acceptors (Lipinski definition) is 3. The highest BCUT2D eigenvalue weighted by Gasteiger charge is 2.08. The normalized spacial score (nSPS) is 10.8. The fourth-order valence-corrected chi connectivity index (χ4v) is 2.50. The van der Waals surface area contributed by atoms with Crippen molar-refractivity contribution in [2.24, 2.45) is 0 Å². The standard InChI is InChI=1S/C16H12BrFN2O/c17-11-3-4-13(18)10(8-11)9-21-15-6-5-14(19)12-2-1-7-20-16(12)15/h1-8H,9,19H2. The van der Waals surface area contributed by atoms with Crippen molar-refractivity contribution in [1.82, 2.24) is 4.98 Å². The summed E-state index contributed by atoms with van der Waals surface area (Å²) in [5, 5.41) is 0.824. The first-order valence-corrected chi connectivity index (χ1v) is 7.14. The Bertz CT molecular complexity index is 807. The lowest BCUT2D eigenvalue weighted by molar-refractivity contribution is 0.303. The molecule has 1 aromatic heterocycles. The van der Waals surface area contributed by atoms with E-state index in [1.54, 1.807) is 30.5 Å². The number of benzene rings is 2. The van der Waals surface area contributed by atoms with Gasteiger partial charge in [-0.3, -0.25) is 4.98 Å². The molecule has 21 heavy (non-hydrogen) atoms. The predicted molar refractivity (Wildman–Crippen MR) is 84.6 cm³/mol. The monoisotopic (exact) mass is 346 g/mol. The minimum Gasteiger partial charge on any atom is -0.487 e. The Hall–Kier alpha value is -2.14. The van der Waals surface area contributed by atoms with Gasteiger partial charge in [-0.05, 0) is 42.5 Å². The van der Waals surface area contributed by atoms with Gasteiger partial charge in [0.05, 0.1) is 0 Å². The molecule has 0 unspecified atom stereocenters. The molecule has 0 spiro atoms. The van der Waals surface area contributed by atoms with Crippen LogP contribution in [0.5, 0.6) is 5.75 Å². The number of rotatable bonds is 3. The zero-order valence-corrected chi connectivity index (χ0v) is 12.6. The SMILES string of the molecule is Nc1ccc(OCc2cc(Br)ccc2F)c2ncccc12.